The van der Waals surface area contributed by atoms with Crippen LogP contribution in [0.15, 0.2) is 6.07 Å². The lowest BCUT2D eigenvalue weighted by molar-refractivity contribution is -0.161. The van der Waals surface area contributed by atoms with E-state index in [1.165, 1.54) is 0 Å². The lowest BCUT2D eigenvalue weighted by Gasteiger charge is -2.48. The number of carboxylic acid groups (broad SMARTS) is 1. The zero-order valence-electron chi connectivity index (χ0n) is 19.7. The molecule has 1 aromatic rings. The summed E-state index contributed by atoms with van der Waals surface area (Å²) >= 11 is 1.07. The van der Waals surface area contributed by atoms with Crippen molar-refractivity contribution < 1.29 is 29.6 Å². The molecule has 182 valence electrons. The van der Waals surface area contributed by atoms with E-state index in [0.29, 0.717) is 10.6 Å². The predicted molar refractivity (Wildman–Crippen MR) is 128 cm³/mol. The van der Waals surface area contributed by atoms with E-state index < -0.39 is 11.6 Å². The van der Waals surface area contributed by atoms with Gasteiger partial charge in [-0.1, -0.05) is 31.1 Å². The summed E-state index contributed by atoms with van der Waals surface area (Å²) in [6.07, 6.45) is 5.29. The molecule has 2 aliphatic rings. The number of aliphatic hydroxyl groups excluding tert-OH is 2. The first-order valence-corrected chi connectivity index (χ1v) is 12.5. The molecular weight excluding hydrogens is 442 g/mol. The second-order valence-corrected chi connectivity index (χ2v) is 11.1. The van der Waals surface area contributed by atoms with Crippen LogP contribution in [-0.4, -0.2) is 58.7 Å². The number of hydrogen-bond donors (Lipinski definition) is 3. The summed E-state index contributed by atoms with van der Waals surface area (Å²) in [5, 5.41) is 29.3. The third-order valence-corrected chi connectivity index (χ3v) is 7.45. The van der Waals surface area contributed by atoms with E-state index in [2.05, 4.69) is 11.8 Å². The molecule has 2 fully saturated rings. The molecule has 1 amide bonds. The maximum absolute atomic E-state index is 13.9. The largest absolute Gasteiger partial charge is 0.477 e. The standard InChI is InChI=1S/C25H35NO6S/c1-24(2,3)10-9-18-15-19(21(33-18)22(29)30)26-20(17-7-5-4-6-8-17)16-32-25(11-13-27,12-14-28)23(26)31/h15,17,20,27-28H,4-8,11-14,16H2,1-3H3,(H,29,30)/t20-/m0/s1. The highest BCUT2D eigenvalue weighted by atomic mass is 32.1. The number of hydrogen-bond acceptors (Lipinski definition) is 6. The molecule has 0 unspecified atom stereocenters. The topological polar surface area (TPSA) is 107 Å². The molecule has 1 atom stereocenters. The van der Waals surface area contributed by atoms with E-state index in [1.54, 1.807) is 11.0 Å². The average Bonchev–Trinajstić information content (AvgIpc) is 3.19. The van der Waals surface area contributed by atoms with E-state index in [1.807, 2.05) is 20.8 Å². The fourth-order valence-corrected chi connectivity index (χ4v) is 5.62. The second-order valence-electron chi connectivity index (χ2n) is 10.0. The molecule has 8 heteroatoms. The number of carbonyl (C=O) groups excluding carboxylic acids is 1. The molecular formula is C25H35NO6S. The summed E-state index contributed by atoms with van der Waals surface area (Å²) in [5.74, 6) is 4.93. The van der Waals surface area contributed by atoms with Crippen LogP contribution in [0.4, 0.5) is 5.69 Å². The van der Waals surface area contributed by atoms with Crippen molar-refractivity contribution in [1.29, 1.82) is 0 Å². The quantitative estimate of drug-likeness (QED) is 0.518. The van der Waals surface area contributed by atoms with Crippen LogP contribution in [0.3, 0.4) is 0 Å². The Hall–Kier alpha value is -1.92. The van der Waals surface area contributed by atoms with Crippen LogP contribution in [0.25, 0.3) is 0 Å². The van der Waals surface area contributed by atoms with Gasteiger partial charge in [0.15, 0.2) is 5.60 Å². The summed E-state index contributed by atoms with van der Waals surface area (Å²) in [6.45, 7) is 5.64. The van der Waals surface area contributed by atoms with Crippen molar-refractivity contribution in [2.24, 2.45) is 11.3 Å². The molecule has 0 spiro atoms. The number of anilines is 1. The Morgan fingerprint density at radius 2 is 1.85 bits per heavy atom. The highest BCUT2D eigenvalue weighted by Gasteiger charge is 2.51. The average molecular weight is 478 g/mol. The SMILES string of the molecule is CC(C)(C)C#Cc1cc(N2C(=O)C(CCO)(CCO)OC[C@H]2C2CCCCC2)c(C(=O)O)s1. The molecule has 1 aromatic heterocycles. The molecule has 1 saturated heterocycles. The molecule has 33 heavy (non-hydrogen) atoms. The molecule has 2 heterocycles. The second kappa shape index (κ2) is 10.6. The Labute approximate surface area is 199 Å². The first kappa shape index (κ1) is 25.7. The number of rotatable bonds is 7. The number of morpholine rings is 1. The van der Waals surface area contributed by atoms with Crippen LogP contribution in [0.1, 0.15) is 80.3 Å². The maximum atomic E-state index is 13.9. The van der Waals surface area contributed by atoms with Crippen molar-refractivity contribution >= 4 is 28.9 Å². The van der Waals surface area contributed by atoms with Crippen LogP contribution in [0.5, 0.6) is 0 Å². The Morgan fingerprint density at radius 1 is 1.21 bits per heavy atom. The normalized spacial score (nSPS) is 21.5. The number of thiophene rings is 1. The van der Waals surface area contributed by atoms with Crippen molar-refractivity contribution in [2.75, 3.05) is 24.7 Å². The van der Waals surface area contributed by atoms with Gasteiger partial charge in [-0.05, 0) is 45.6 Å². The van der Waals surface area contributed by atoms with Gasteiger partial charge in [0.25, 0.3) is 5.91 Å². The van der Waals surface area contributed by atoms with Gasteiger partial charge in [-0.2, -0.15) is 0 Å². The van der Waals surface area contributed by atoms with Gasteiger partial charge in [-0.3, -0.25) is 4.79 Å². The summed E-state index contributed by atoms with van der Waals surface area (Å²) in [6, 6.07) is 1.41. The minimum absolute atomic E-state index is 0.0451. The first-order chi connectivity index (χ1) is 15.6. The minimum atomic E-state index is -1.37. The van der Waals surface area contributed by atoms with Gasteiger partial charge in [0.1, 0.15) is 4.88 Å². The molecule has 0 aromatic carbocycles. The van der Waals surface area contributed by atoms with Crippen LogP contribution in [0, 0.1) is 23.2 Å². The molecule has 0 radical (unpaired) electrons. The van der Waals surface area contributed by atoms with Crippen molar-refractivity contribution in [3.63, 3.8) is 0 Å². The number of ether oxygens (including phenoxy) is 1. The Kier molecular flexibility index (Phi) is 8.22. The third kappa shape index (κ3) is 5.78. The maximum Gasteiger partial charge on any atom is 0.348 e. The first-order valence-electron chi connectivity index (χ1n) is 11.7. The van der Waals surface area contributed by atoms with Crippen molar-refractivity contribution in [3.8, 4) is 11.8 Å². The van der Waals surface area contributed by atoms with Crippen molar-refractivity contribution in [2.45, 2.75) is 77.4 Å². The van der Waals surface area contributed by atoms with Gasteiger partial charge in [0.05, 0.1) is 23.2 Å². The Bertz CT molecular complexity index is 910. The van der Waals surface area contributed by atoms with Crippen LogP contribution < -0.4 is 4.90 Å². The number of carboxylic acids is 1. The van der Waals surface area contributed by atoms with E-state index in [-0.39, 0.29) is 60.8 Å². The van der Waals surface area contributed by atoms with Gasteiger partial charge in [0.2, 0.25) is 0 Å². The zero-order chi connectivity index (χ0) is 24.2. The minimum Gasteiger partial charge on any atom is -0.477 e. The highest BCUT2D eigenvalue weighted by molar-refractivity contribution is 7.15. The zero-order valence-corrected chi connectivity index (χ0v) is 20.5. The summed E-state index contributed by atoms with van der Waals surface area (Å²) in [4.78, 5) is 28.4. The molecule has 7 nitrogen and oxygen atoms in total. The van der Waals surface area contributed by atoms with Crippen molar-refractivity contribution in [3.05, 3.63) is 15.8 Å². The lowest BCUT2D eigenvalue weighted by Crippen LogP contribution is -2.64. The molecule has 1 aliphatic heterocycles. The number of carbonyl (C=O) groups is 2. The van der Waals surface area contributed by atoms with Gasteiger partial charge < -0.3 is 25.0 Å². The molecule has 1 saturated carbocycles. The van der Waals surface area contributed by atoms with Crippen LogP contribution >= 0.6 is 11.3 Å². The number of aromatic carboxylic acids is 1. The number of amides is 1. The molecule has 3 N–H and O–H groups in total. The molecule has 1 aliphatic carbocycles. The van der Waals surface area contributed by atoms with Gasteiger partial charge >= 0.3 is 5.97 Å². The van der Waals surface area contributed by atoms with E-state index in [9.17, 15) is 24.9 Å². The van der Waals surface area contributed by atoms with E-state index >= 15 is 0 Å². The van der Waals surface area contributed by atoms with E-state index in [0.717, 1.165) is 43.4 Å². The summed E-state index contributed by atoms with van der Waals surface area (Å²) in [5.41, 5.74) is -1.27. The lowest BCUT2D eigenvalue weighted by atomic mass is 9.80. The third-order valence-electron chi connectivity index (χ3n) is 6.42. The number of nitrogens with zero attached hydrogens (tertiary/aromatic N) is 1. The number of aliphatic hydroxyl groups is 2. The smallest absolute Gasteiger partial charge is 0.348 e. The molecule has 0 bridgehead atoms. The Morgan fingerprint density at radius 3 is 2.39 bits per heavy atom. The fourth-order valence-electron chi connectivity index (χ4n) is 4.77. The monoisotopic (exact) mass is 477 g/mol. The van der Waals surface area contributed by atoms with Crippen LogP contribution in [-0.2, 0) is 9.53 Å². The molecule has 3 rings (SSSR count). The van der Waals surface area contributed by atoms with Gasteiger partial charge in [-0.15, -0.1) is 11.3 Å². The van der Waals surface area contributed by atoms with E-state index in [4.69, 9.17) is 4.74 Å². The fraction of sp³-hybridized carbons (Fsp3) is 0.680. The summed E-state index contributed by atoms with van der Waals surface area (Å²) in [7, 11) is 0. The van der Waals surface area contributed by atoms with Gasteiger partial charge in [0, 0.05) is 31.5 Å². The highest BCUT2D eigenvalue weighted by Crippen LogP contribution is 2.42. The Balaban J connectivity index is 2.11. The summed E-state index contributed by atoms with van der Waals surface area (Å²) < 4.78 is 6.09. The van der Waals surface area contributed by atoms with Crippen molar-refractivity contribution in [1.82, 2.24) is 0 Å². The van der Waals surface area contributed by atoms with Crippen LogP contribution in [0.2, 0.25) is 0 Å². The predicted octanol–water partition coefficient (Wildman–Crippen LogP) is 3.66. The van der Waals surface area contributed by atoms with Gasteiger partial charge in [-0.25, -0.2) is 4.79 Å².